The van der Waals surface area contributed by atoms with E-state index in [1.165, 1.54) is 0 Å². The van der Waals surface area contributed by atoms with E-state index in [-0.39, 0.29) is 11.8 Å². The molecule has 0 radical (unpaired) electrons. The van der Waals surface area contributed by atoms with Crippen LogP contribution in [0.3, 0.4) is 0 Å². The van der Waals surface area contributed by atoms with Crippen molar-refractivity contribution in [2.75, 3.05) is 13.7 Å². The second-order valence-corrected chi connectivity index (χ2v) is 4.51. The number of carbonyl (C=O) groups is 1. The van der Waals surface area contributed by atoms with Gasteiger partial charge < -0.3 is 14.6 Å². The Morgan fingerprint density at radius 2 is 2.00 bits per heavy atom. The Labute approximate surface area is 100 Å². The van der Waals surface area contributed by atoms with Crippen LogP contribution >= 0.6 is 0 Å². The van der Waals surface area contributed by atoms with Crippen LogP contribution in [0.5, 0.6) is 11.5 Å². The molecule has 1 aromatic carbocycles. The van der Waals surface area contributed by atoms with Crippen LogP contribution < -0.4 is 9.47 Å². The largest absolute Gasteiger partial charge is 0.493 e. The maximum atomic E-state index is 10.7. The minimum absolute atomic E-state index is 0.160. The van der Waals surface area contributed by atoms with E-state index < -0.39 is 5.97 Å². The summed E-state index contributed by atoms with van der Waals surface area (Å²) in [6.45, 7) is 0.444. The Morgan fingerprint density at radius 1 is 1.35 bits per heavy atom. The predicted octanol–water partition coefficient (Wildman–Crippen LogP) is 2.33. The van der Waals surface area contributed by atoms with Gasteiger partial charge in [-0.15, -0.1) is 0 Å². The quantitative estimate of drug-likeness (QED) is 0.823. The van der Waals surface area contributed by atoms with Crippen LogP contribution in [0.4, 0.5) is 0 Å². The van der Waals surface area contributed by atoms with Crippen molar-refractivity contribution >= 4 is 5.97 Å². The number of para-hydroxylation sites is 2. The van der Waals surface area contributed by atoms with E-state index in [0.29, 0.717) is 18.1 Å². The van der Waals surface area contributed by atoms with Gasteiger partial charge in [0.05, 0.1) is 20.1 Å². The van der Waals surface area contributed by atoms with Crippen molar-refractivity contribution in [1.29, 1.82) is 0 Å². The predicted molar refractivity (Wildman–Crippen MR) is 62.4 cm³/mol. The van der Waals surface area contributed by atoms with Gasteiger partial charge in [-0.25, -0.2) is 0 Å². The lowest BCUT2D eigenvalue weighted by Gasteiger charge is -2.15. The number of ether oxygens (including phenoxy) is 2. The van der Waals surface area contributed by atoms with Crippen molar-refractivity contribution in [3.63, 3.8) is 0 Å². The molecule has 1 aliphatic carbocycles. The van der Waals surface area contributed by atoms with Gasteiger partial charge in [0.15, 0.2) is 11.5 Å². The lowest BCUT2D eigenvalue weighted by atomic mass is 10.0. The van der Waals surface area contributed by atoms with Crippen molar-refractivity contribution in [1.82, 2.24) is 0 Å². The molecule has 1 saturated carbocycles. The SMILES string of the molecule is COc1ccccc1OCC1(CC(=O)O)CC1. The Bertz CT molecular complexity index is 410. The van der Waals surface area contributed by atoms with E-state index >= 15 is 0 Å². The van der Waals surface area contributed by atoms with Gasteiger partial charge in [-0.1, -0.05) is 12.1 Å². The summed E-state index contributed by atoms with van der Waals surface area (Å²) in [5, 5.41) is 8.81. The van der Waals surface area contributed by atoms with Gasteiger partial charge in [0, 0.05) is 5.41 Å². The van der Waals surface area contributed by atoms with Gasteiger partial charge in [0.2, 0.25) is 0 Å². The summed E-state index contributed by atoms with van der Waals surface area (Å²) >= 11 is 0. The lowest BCUT2D eigenvalue weighted by Crippen LogP contribution is -2.17. The van der Waals surface area contributed by atoms with Crippen LogP contribution in [0.1, 0.15) is 19.3 Å². The highest BCUT2D eigenvalue weighted by Crippen LogP contribution is 2.49. The zero-order chi connectivity index (χ0) is 12.3. The summed E-state index contributed by atoms with van der Waals surface area (Å²) in [7, 11) is 1.59. The molecule has 1 fully saturated rings. The van der Waals surface area contributed by atoms with Crippen LogP contribution in [-0.2, 0) is 4.79 Å². The second kappa shape index (κ2) is 4.65. The molecule has 1 aliphatic rings. The third-order valence-electron chi connectivity index (χ3n) is 3.09. The highest BCUT2D eigenvalue weighted by molar-refractivity contribution is 5.68. The van der Waals surface area contributed by atoms with Gasteiger partial charge in [-0.3, -0.25) is 4.79 Å². The summed E-state index contributed by atoms with van der Waals surface area (Å²) < 4.78 is 10.8. The topological polar surface area (TPSA) is 55.8 Å². The fourth-order valence-corrected chi connectivity index (χ4v) is 1.84. The number of carboxylic acid groups (broad SMARTS) is 1. The van der Waals surface area contributed by atoms with Gasteiger partial charge in [0.25, 0.3) is 0 Å². The fourth-order valence-electron chi connectivity index (χ4n) is 1.84. The molecule has 0 amide bonds. The average Bonchev–Trinajstić information content (AvgIpc) is 3.06. The number of hydrogen-bond acceptors (Lipinski definition) is 3. The molecule has 0 heterocycles. The Balaban J connectivity index is 1.96. The molecule has 4 nitrogen and oxygen atoms in total. The third-order valence-corrected chi connectivity index (χ3v) is 3.09. The number of methoxy groups -OCH3 is 1. The molecular formula is C13H16O4. The number of carboxylic acids is 1. The van der Waals surface area contributed by atoms with Crippen molar-refractivity contribution in [3.8, 4) is 11.5 Å². The highest BCUT2D eigenvalue weighted by atomic mass is 16.5. The van der Waals surface area contributed by atoms with Crippen molar-refractivity contribution in [2.45, 2.75) is 19.3 Å². The number of benzene rings is 1. The normalized spacial score (nSPS) is 16.3. The third kappa shape index (κ3) is 2.90. The first-order valence-corrected chi connectivity index (χ1v) is 5.63. The van der Waals surface area contributed by atoms with E-state index in [1.807, 2.05) is 24.3 Å². The van der Waals surface area contributed by atoms with E-state index in [0.717, 1.165) is 12.8 Å². The molecule has 0 aromatic heterocycles. The van der Waals surface area contributed by atoms with E-state index in [9.17, 15) is 4.79 Å². The molecule has 1 N–H and O–H groups in total. The standard InChI is InChI=1S/C13H16O4/c1-16-10-4-2-3-5-11(10)17-9-13(6-7-13)8-12(14)15/h2-5H,6-9H2,1H3,(H,14,15). The van der Waals surface area contributed by atoms with Gasteiger partial charge in [0.1, 0.15) is 0 Å². The van der Waals surface area contributed by atoms with Crippen LogP contribution in [0.2, 0.25) is 0 Å². The fraction of sp³-hybridized carbons (Fsp3) is 0.462. The number of rotatable bonds is 6. The zero-order valence-electron chi connectivity index (χ0n) is 9.81. The van der Waals surface area contributed by atoms with Crippen molar-refractivity contribution in [3.05, 3.63) is 24.3 Å². The summed E-state index contributed by atoms with van der Waals surface area (Å²) in [5.74, 6) is 0.594. The first-order chi connectivity index (χ1) is 8.15. The van der Waals surface area contributed by atoms with Crippen LogP contribution in [0.15, 0.2) is 24.3 Å². The summed E-state index contributed by atoms with van der Waals surface area (Å²) in [6.07, 6.45) is 2.03. The van der Waals surface area contributed by atoms with E-state index in [2.05, 4.69) is 0 Å². The van der Waals surface area contributed by atoms with Gasteiger partial charge in [-0.05, 0) is 25.0 Å². The summed E-state index contributed by atoms with van der Waals surface area (Å²) in [5.41, 5.74) is -0.160. The van der Waals surface area contributed by atoms with Crippen molar-refractivity contribution < 1.29 is 19.4 Å². The van der Waals surface area contributed by atoms with Crippen LogP contribution in [0, 0.1) is 5.41 Å². The van der Waals surface area contributed by atoms with E-state index in [4.69, 9.17) is 14.6 Å². The zero-order valence-corrected chi connectivity index (χ0v) is 9.81. The first kappa shape index (κ1) is 11.8. The molecular weight excluding hydrogens is 220 g/mol. The molecule has 4 heteroatoms. The van der Waals surface area contributed by atoms with Crippen LogP contribution in [0.25, 0.3) is 0 Å². The summed E-state index contributed by atoms with van der Waals surface area (Å²) in [6, 6.07) is 7.40. The molecule has 1 aromatic rings. The Hall–Kier alpha value is -1.71. The highest BCUT2D eigenvalue weighted by Gasteiger charge is 2.45. The minimum atomic E-state index is -0.758. The molecule has 0 spiro atoms. The maximum absolute atomic E-state index is 10.7. The second-order valence-electron chi connectivity index (χ2n) is 4.51. The Kier molecular flexibility index (Phi) is 3.22. The first-order valence-electron chi connectivity index (χ1n) is 5.63. The minimum Gasteiger partial charge on any atom is -0.493 e. The average molecular weight is 236 g/mol. The lowest BCUT2D eigenvalue weighted by molar-refractivity contribution is -0.138. The van der Waals surface area contributed by atoms with Crippen molar-refractivity contribution in [2.24, 2.45) is 5.41 Å². The smallest absolute Gasteiger partial charge is 0.304 e. The maximum Gasteiger partial charge on any atom is 0.304 e. The monoisotopic (exact) mass is 236 g/mol. The molecule has 0 unspecified atom stereocenters. The van der Waals surface area contributed by atoms with Gasteiger partial charge >= 0.3 is 5.97 Å². The molecule has 2 rings (SSSR count). The molecule has 0 atom stereocenters. The van der Waals surface area contributed by atoms with Crippen LogP contribution in [-0.4, -0.2) is 24.8 Å². The Morgan fingerprint density at radius 3 is 2.53 bits per heavy atom. The van der Waals surface area contributed by atoms with Gasteiger partial charge in [-0.2, -0.15) is 0 Å². The molecule has 0 bridgehead atoms. The van der Waals surface area contributed by atoms with E-state index in [1.54, 1.807) is 7.11 Å². The summed E-state index contributed by atoms with van der Waals surface area (Å²) in [4.78, 5) is 10.7. The number of aliphatic carboxylic acids is 1. The molecule has 0 aliphatic heterocycles. The molecule has 17 heavy (non-hydrogen) atoms. The molecule has 92 valence electrons. The number of hydrogen-bond donors (Lipinski definition) is 1. The molecule has 0 saturated heterocycles.